The van der Waals surface area contributed by atoms with Crippen molar-refractivity contribution in [3.05, 3.63) is 33.4 Å². The lowest BCUT2D eigenvalue weighted by Crippen LogP contribution is -2.31. The van der Waals surface area contributed by atoms with E-state index in [1.165, 1.54) is 4.90 Å². The second kappa shape index (κ2) is 7.08. The third kappa shape index (κ3) is 3.32. The summed E-state index contributed by atoms with van der Waals surface area (Å²) in [6, 6.07) is 3.90. The number of hydrogen-bond donors (Lipinski definition) is 2. The van der Waals surface area contributed by atoms with Crippen molar-refractivity contribution in [3.63, 3.8) is 0 Å². The van der Waals surface area contributed by atoms with Gasteiger partial charge in [-0.3, -0.25) is 14.9 Å². The van der Waals surface area contributed by atoms with Crippen LogP contribution in [0.25, 0.3) is 6.08 Å². The fourth-order valence-electron chi connectivity index (χ4n) is 1.87. The first-order chi connectivity index (χ1) is 10.4. The van der Waals surface area contributed by atoms with E-state index >= 15 is 0 Å². The highest BCUT2D eigenvalue weighted by molar-refractivity contribution is 6.02. The number of amides is 1. The molecule has 8 nitrogen and oxygen atoms in total. The molecule has 0 aliphatic carbocycles. The smallest absolute Gasteiger partial charge is 0.321 e. The topological polar surface area (TPSA) is 128 Å². The number of nitro groups is 1. The molecule has 0 aliphatic rings. The molecule has 0 spiro atoms. The molecule has 0 aromatic heterocycles. The highest BCUT2D eigenvalue weighted by Gasteiger charge is 2.24. The maximum atomic E-state index is 12.1. The minimum absolute atomic E-state index is 0.141. The first-order valence-electron chi connectivity index (χ1n) is 6.47. The van der Waals surface area contributed by atoms with Gasteiger partial charge < -0.3 is 15.1 Å². The molecule has 8 heteroatoms. The first kappa shape index (κ1) is 17.0. The molecule has 1 amide bonds. The summed E-state index contributed by atoms with van der Waals surface area (Å²) in [7, 11) is 0. The Hall–Kier alpha value is -3.08. The lowest BCUT2D eigenvalue weighted by molar-refractivity contribution is -0.386. The number of nitriles is 1. The van der Waals surface area contributed by atoms with Gasteiger partial charge in [-0.15, -0.1) is 0 Å². The first-order valence-corrected chi connectivity index (χ1v) is 6.47. The largest absolute Gasteiger partial charge is 0.504 e. The number of carbonyl (C=O) groups excluding carboxylic acids is 1. The number of phenols is 2. The van der Waals surface area contributed by atoms with Crippen LogP contribution in [0.5, 0.6) is 11.5 Å². The van der Waals surface area contributed by atoms with E-state index in [0.29, 0.717) is 13.1 Å². The molecule has 2 N–H and O–H groups in total. The van der Waals surface area contributed by atoms with Crippen molar-refractivity contribution in [2.45, 2.75) is 13.8 Å². The van der Waals surface area contributed by atoms with Crippen molar-refractivity contribution in [1.29, 1.82) is 5.26 Å². The van der Waals surface area contributed by atoms with Crippen molar-refractivity contribution in [3.8, 4) is 17.6 Å². The van der Waals surface area contributed by atoms with Gasteiger partial charge in [0.05, 0.1) is 10.5 Å². The van der Waals surface area contributed by atoms with Crippen LogP contribution in [0, 0.1) is 21.4 Å². The summed E-state index contributed by atoms with van der Waals surface area (Å²) >= 11 is 0. The number of nitrogens with zero attached hydrogens (tertiary/aromatic N) is 3. The maximum Gasteiger partial charge on any atom is 0.321 e. The molecule has 0 bridgehead atoms. The van der Waals surface area contributed by atoms with Gasteiger partial charge in [-0.25, -0.2) is 0 Å². The van der Waals surface area contributed by atoms with E-state index in [-0.39, 0.29) is 11.1 Å². The SMILES string of the molecule is CCN(CC)C(=O)/C(C#N)=C/c1ccc(O)c(O)c1[N+](=O)[O-]. The standard InChI is InChI=1S/C14H15N3O5/c1-3-16(4-2)14(20)10(8-15)7-9-5-6-11(18)13(19)12(9)17(21)22/h5-7,18-19H,3-4H2,1-2H3/b10-7+. The third-order valence-corrected chi connectivity index (χ3v) is 3.05. The van der Waals surface area contributed by atoms with Crippen LogP contribution >= 0.6 is 0 Å². The quantitative estimate of drug-likeness (QED) is 0.280. The van der Waals surface area contributed by atoms with Gasteiger partial charge in [-0.05, 0) is 32.1 Å². The van der Waals surface area contributed by atoms with Gasteiger partial charge in [0.1, 0.15) is 11.6 Å². The van der Waals surface area contributed by atoms with Crippen LogP contribution in [-0.4, -0.2) is 39.0 Å². The van der Waals surface area contributed by atoms with Crippen LogP contribution in [0.2, 0.25) is 0 Å². The maximum absolute atomic E-state index is 12.1. The van der Waals surface area contributed by atoms with Crippen molar-refractivity contribution >= 4 is 17.7 Å². The molecule has 0 aliphatic heterocycles. The summed E-state index contributed by atoms with van der Waals surface area (Å²) in [5.41, 5.74) is -1.20. The minimum atomic E-state index is -0.911. The molecular weight excluding hydrogens is 290 g/mol. The van der Waals surface area contributed by atoms with E-state index in [1.54, 1.807) is 19.9 Å². The number of aromatic hydroxyl groups is 2. The molecule has 0 atom stereocenters. The molecule has 0 heterocycles. The summed E-state index contributed by atoms with van der Waals surface area (Å²) < 4.78 is 0. The van der Waals surface area contributed by atoms with Crippen LogP contribution in [0.3, 0.4) is 0 Å². The van der Waals surface area contributed by atoms with Gasteiger partial charge in [-0.2, -0.15) is 5.26 Å². The van der Waals surface area contributed by atoms with E-state index in [0.717, 1.165) is 18.2 Å². The number of benzene rings is 1. The average molecular weight is 305 g/mol. The Morgan fingerprint density at radius 1 is 1.41 bits per heavy atom. The Balaban J connectivity index is 3.42. The van der Waals surface area contributed by atoms with E-state index in [1.807, 2.05) is 0 Å². The van der Waals surface area contributed by atoms with Gasteiger partial charge in [0.25, 0.3) is 5.91 Å². The van der Waals surface area contributed by atoms with E-state index in [9.17, 15) is 25.1 Å². The van der Waals surface area contributed by atoms with Gasteiger partial charge in [0, 0.05) is 13.1 Å². The summed E-state index contributed by atoms with van der Waals surface area (Å²) in [4.78, 5) is 23.6. The van der Waals surface area contributed by atoms with Crippen LogP contribution < -0.4 is 0 Å². The predicted molar refractivity (Wildman–Crippen MR) is 77.9 cm³/mol. The van der Waals surface area contributed by atoms with Gasteiger partial charge in [-0.1, -0.05) is 0 Å². The number of carbonyl (C=O) groups is 1. The zero-order valence-corrected chi connectivity index (χ0v) is 12.1. The summed E-state index contributed by atoms with van der Waals surface area (Å²) in [6.07, 6.45) is 1.03. The van der Waals surface area contributed by atoms with Gasteiger partial charge >= 0.3 is 5.69 Å². The normalized spacial score (nSPS) is 10.9. The summed E-state index contributed by atoms with van der Waals surface area (Å²) in [5.74, 6) is -2.13. The zero-order chi connectivity index (χ0) is 16.9. The van der Waals surface area contributed by atoms with E-state index < -0.39 is 28.0 Å². The van der Waals surface area contributed by atoms with Crippen LogP contribution in [0.15, 0.2) is 17.7 Å². The number of nitro benzene ring substituents is 1. The second-order valence-corrected chi connectivity index (χ2v) is 4.28. The molecule has 22 heavy (non-hydrogen) atoms. The molecule has 1 aromatic rings. The molecule has 0 saturated carbocycles. The molecule has 0 saturated heterocycles. The second-order valence-electron chi connectivity index (χ2n) is 4.28. The Bertz CT molecular complexity index is 672. The lowest BCUT2D eigenvalue weighted by Gasteiger charge is -2.17. The summed E-state index contributed by atoms with van der Waals surface area (Å²) in [5, 5.41) is 39.0. The Morgan fingerprint density at radius 3 is 2.45 bits per heavy atom. The summed E-state index contributed by atoms with van der Waals surface area (Å²) in [6.45, 7) is 4.25. The lowest BCUT2D eigenvalue weighted by atomic mass is 10.1. The Morgan fingerprint density at radius 2 is 2.00 bits per heavy atom. The zero-order valence-electron chi connectivity index (χ0n) is 12.1. The van der Waals surface area contributed by atoms with Crippen LogP contribution in [0.4, 0.5) is 5.69 Å². The highest BCUT2D eigenvalue weighted by atomic mass is 16.6. The van der Waals surface area contributed by atoms with Crippen molar-refractivity contribution < 1.29 is 19.9 Å². The van der Waals surface area contributed by atoms with E-state index in [2.05, 4.69) is 0 Å². The monoisotopic (exact) mass is 305 g/mol. The Labute approximate surface area is 126 Å². The minimum Gasteiger partial charge on any atom is -0.504 e. The third-order valence-electron chi connectivity index (χ3n) is 3.05. The fourth-order valence-corrected chi connectivity index (χ4v) is 1.87. The number of rotatable bonds is 5. The Kier molecular flexibility index (Phi) is 5.46. The average Bonchev–Trinajstić information content (AvgIpc) is 2.48. The van der Waals surface area contributed by atoms with Crippen LogP contribution in [-0.2, 0) is 4.79 Å². The molecule has 1 rings (SSSR count). The molecule has 0 unspecified atom stereocenters. The van der Waals surface area contributed by atoms with Crippen molar-refractivity contribution in [1.82, 2.24) is 4.90 Å². The van der Waals surface area contributed by atoms with Crippen LogP contribution in [0.1, 0.15) is 19.4 Å². The molecular formula is C14H15N3O5. The van der Waals surface area contributed by atoms with Gasteiger partial charge in [0.15, 0.2) is 5.75 Å². The molecule has 0 fully saturated rings. The number of phenolic OH excluding ortho intramolecular Hbond substituents is 2. The molecule has 1 aromatic carbocycles. The van der Waals surface area contributed by atoms with Crippen molar-refractivity contribution in [2.24, 2.45) is 0 Å². The molecule has 0 radical (unpaired) electrons. The predicted octanol–water partition coefficient (Wildman–Crippen LogP) is 1.78. The molecule has 116 valence electrons. The van der Waals surface area contributed by atoms with Crippen molar-refractivity contribution in [2.75, 3.05) is 13.1 Å². The van der Waals surface area contributed by atoms with E-state index in [4.69, 9.17) is 5.26 Å². The number of hydrogen-bond acceptors (Lipinski definition) is 6. The number of likely N-dealkylation sites (N-methyl/N-ethyl adjacent to an activating group) is 1. The van der Waals surface area contributed by atoms with Gasteiger partial charge in [0.2, 0.25) is 5.75 Å². The fraction of sp³-hybridized carbons (Fsp3) is 0.286. The highest BCUT2D eigenvalue weighted by Crippen LogP contribution is 2.38.